The van der Waals surface area contributed by atoms with Crippen molar-refractivity contribution in [1.82, 2.24) is 4.90 Å². The maximum Gasteiger partial charge on any atom is 0.410 e. The van der Waals surface area contributed by atoms with Crippen LogP contribution >= 0.6 is 0 Å². The topological polar surface area (TPSA) is 76.1 Å². The fourth-order valence-corrected chi connectivity index (χ4v) is 6.01. The molecule has 200 valence electrons. The van der Waals surface area contributed by atoms with Crippen molar-refractivity contribution in [1.29, 1.82) is 0 Å². The largest absolute Gasteiger partial charge is 0.480 e. The molecule has 3 aromatic rings. The minimum atomic E-state index is -2.40. The second kappa shape index (κ2) is 10.7. The highest BCUT2D eigenvalue weighted by Gasteiger charge is 2.45. The van der Waals surface area contributed by atoms with Crippen LogP contribution in [0, 0.1) is 0 Å². The summed E-state index contributed by atoms with van der Waals surface area (Å²) in [5.74, 6) is -1.26. The smallest absolute Gasteiger partial charge is 0.410 e. The number of carbonyl (C=O) groups is 2. The van der Waals surface area contributed by atoms with Crippen molar-refractivity contribution in [2.45, 2.75) is 57.0 Å². The number of carboxylic acid groups (broad SMARTS) is 1. The van der Waals surface area contributed by atoms with Crippen LogP contribution in [0.15, 0.2) is 78.9 Å². The number of ether oxygens (including phenoxy) is 1. The van der Waals surface area contributed by atoms with Crippen LogP contribution in [0.3, 0.4) is 0 Å². The molecule has 1 aliphatic rings. The third-order valence-electron chi connectivity index (χ3n) is 7.94. The van der Waals surface area contributed by atoms with E-state index in [9.17, 15) is 14.7 Å². The lowest BCUT2D eigenvalue weighted by Gasteiger charge is -2.42. The summed E-state index contributed by atoms with van der Waals surface area (Å²) in [6.07, 6.45) is -1.54. The lowest BCUT2D eigenvalue weighted by molar-refractivity contribution is -0.146. The molecule has 1 N–H and O–H groups in total. The second-order valence-electron chi connectivity index (χ2n) is 11.4. The molecule has 0 spiro atoms. The Morgan fingerprint density at radius 3 is 1.89 bits per heavy atom. The van der Waals surface area contributed by atoms with Gasteiger partial charge in [-0.3, -0.25) is 4.90 Å². The van der Waals surface area contributed by atoms with Crippen LogP contribution in [-0.4, -0.2) is 50.1 Å². The van der Waals surface area contributed by atoms with Crippen LogP contribution in [0.2, 0.25) is 18.1 Å². The fraction of sp³-hybridized carbons (Fsp3) is 0.355. The van der Waals surface area contributed by atoms with Gasteiger partial charge in [-0.15, -0.1) is 0 Å². The van der Waals surface area contributed by atoms with E-state index in [1.54, 1.807) is 0 Å². The van der Waals surface area contributed by atoms with E-state index >= 15 is 0 Å². The first kappa shape index (κ1) is 27.6. The molecule has 0 unspecified atom stereocenters. The van der Waals surface area contributed by atoms with Crippen LogP contribution < -0.4 is 0 Å². The standard InChI is InChI=1S/C31H37NO5Si/c1-31(2,3)38(5,6)37-28(21-14-8-7-9-15-21)27(29(33)34)32(4)30(35)36-20-26-24-18-12-10-16-22(24)23-17-11-13-19-25(23)26/h7-19,26-28H,20H2,1-6H3,(H,33,34)/t27-,28-/m0/s1. The first-order valence-electron chi connectivity index (χ1n) is 13.0. The Hall–Kier alpha value is -3.42. The molecule has 4 rings (SSSR count). The van der Waals surface area contributed by atoms with Gasteiger partial charge < -0.3 is 14.3 Å². The van der Waals surface area contributed by atoms with E-state index in [4.69, 9.17) is 9.16 Å². The molecule has 6 nitrogen and oxygen atoms in total. The van der Waals surface area contributed by atoms with E-state index in [0.717, 1.165) is 22.3 Å². The van der Waals surface area contributed by atoms with Gasteiger partial charge in [0, 0.05) is 13.0 Å². The Kier molecular flexibility index (Phi) is 7.81. The fourth-order valence-electron chi connectivity index (χ4n) is 4.76. The summed E-state index contributed by atoms with van der Waals surface area (Å²) in [6, 6.07) is 24.2. The number of aliphatic carboxylic acids is 1. The van der Waals surface area contributed by atoms with Crippen molar-refractivity contribution in [2.75, 3.05) is 13.7 Å². The molecule has 0 fully saturated rings. The van der Waals surface area contributed by atoms with Crippen molar-refractivity contribution in [3.8, 4) is 11.1 Å². The Labute approximate surface area is 226 Å². The van der Waals surface area contributed by atoms with Crippen molar-refractivity contribution in [3.05, 3.63) is 95.6 Å². The zero-order chi connectivity index (χ0) is 27.7. The zero-order valence-corrected chi connectivity index (χ0v) is 24.0. The highest BCUT2D eigenvalue weighted by Crippen LogP contribution is 2.45. The van der Waals surface area contributed by atoms with Crippen molar-refractivity contribution < 1.29 is 23.9 Å². The molecule has 0 aromatic heterocycles. The summed E-state index contributed by atoms with van der Waals surface area (Å²) in [5.41, 5.74) is 5.17. The number of amides is 1. The lowest BCUT2D eigenvalue weighted by Crippen LogP contribution is -2.51. The van der Waals surface area contributed by atoms with Crippen LogP contribution in [0.1, 0.15) is 49.5 Å². The summed E-state index contributed by atoms with van der Waals surface area (Å²) in [7, 11) is -0.926. The van der Waals surface area contributed by atoms with Gasteiger partial charge in [-0.1, -0.05) is 99.6 Å². The first-order valence-corrected chi connectivity index (χ1v) is 15.9. The monoisotopic (exact) mass is 531 g/mol. The quantitative estimate of drug-likeness (QED) is 0.314. The van der Waals surface area contributed by atoms with Crippen molar-refractivity contribution in [3.63, 3.8) is 0 Å². The van der Waals surface area contributed by atoms with Gasteiger partial charge in [0.05, 0.1) is 0 Å². The predicted molar refractivity (Wildman–Crippen MR) is 152 cm³/mol. The summed E-state index contributed by atoms with van der Waals surface area (Å²) in [4.78, 5) is 27.2. The Bertz CT molecular complexity index is 1260. The zero-order valence-electron chi connectivity index (χ0n) is 23.0. The predicted octanol–water partition coefficient (Wildman–Crippen LogP) is 7.08. The molecule has 1 aliphatic carbocycles. The van der Waals surface area contributed by atoms with E-state index in [2.05, 4.69) is 58.1 Å². The second-order valence-corrected chi connectivity index (χ2v) is 16.2. The van der Waals surface area contributed by atoms with Crippen LogP contribution in [0.25, 0.3) is 11.1 Å². The van der Waals surface area contributed by atoms with E-state index in [-0.39, 0.29) is 17.6 Å². The van der Waals surface area contributed by atoms with Crippen LogP contribution in [0.4, 0.5) is 4.79 Å². The number of rotatable bonds is 8. The molecule has 2 atom stereocenters. The molecule has 7 heteroatoms. The van der Waals surface area contributed by atoms with Crippen molar-refractivity contribution >= 4 is 20.4 Å². The molecule has 0 aliphatic heterocycles. The molecule has 0 bridgehead atoms. The van der Waals surface area contributed by atoms with Gasteiger partial charge in [-0.2, -0.15) is 0 Å². The van der Waals surface area contributed by atoms with Gasteiger partial charge in [-0.25, -0.2) is 9.59 Å². The number of carbonyl (C=O) groups excluding carboxylic acids is 1. The number of hydrogen-bond acceptors (Lipinski definition) is 4. The number of fused-ring (bicyclic) bond motifs is 3. The summed E-state index contributed by atoms with van der Waals surface area (Å²) < 4.78 is 12.5. The molecule has 0 saturated heterocycles. The summed E-state index contributed by atoms with van der Waals surface area (Å²) >= 11 is 0. The van der Waals surface area contributed by atoms with E-state index in [0.29, 0.717) is 5.56 Å². The van der Waals surface area contributed by atoms with Gasteiger partial charge in [0.25, 0.3) is 0 Å². The minimum Gasteiger partial charge on any atom is -0.480 e. The Morgan fingerprint density at radius 2 is 1.39 bits per heavy atom. The SMILES string of the molecule is CN(C(=O)OCC1c2ccccc2-c2ccccc21)[C@H](C(=O)O)[C@@H](O[Si](C)(C)C(C)(C)C)c1ccccc1. The maximum absolute atomic E-state index is 13.4. The third-order valence-corrected chi connectivity index (χ3v) is 12.4. The average molecular weight is 532 g/mol. The molecule has 0 radical (unpaired) electrons. The minimum absolute atomic E-state index is 0.114. The van der Waals surface area contributed by atoms with E-state index < -0.39 is 32.5 Å². The van der Waals surface area contributed by atoms with E-state index in [1.807, 2.05) is 54.6 Å². The number of carboxylic acids is 1. The number of nitrogens with zero attached hydrogens (tertiary/aromatic N) is 1. The number of benzene rings is 3. The Balaban J connectivity index is 1.59. The molecular formula is C31H37NO5Si. The van der Waals surface area contributed by atoms with Gasteiger partial charge in [0.1, 0.15) is 12.7 Å². The van der Waals surface area contributed by atoms with Crippen molar-refractivity contribution in [2.24, 2.45) is 0 Å². The highest BCUT2D eigenvalue weighted by molar-refractivity contribution is 6.74. The van der Waals surface area contributed by atoms with Crippen LogP contribution in [-0.2, 0) is 14.0 Å². The molecular weight excluding hydrogens is 494 g/mol. The summed E-state index contributed by atoms with van der Waals surface area (Å²) in [6.45, 7) is 10.6. The summed E-state index contributed by atoms with van der Waals surface area (Å²) in [5, 5.41) is 10.2. The lowest BCUT2D eigenvalue weighted by atomic mass is 9.98. The van der Waals surface area contributed by atoms with Gasteiger partial charge in [0.2, 0.25) is 0 Å². The number of likely N-dealkylation sites (N-methyl/N-ethyl adjacent to an activating group) is 1. The number of hydrogen-bond donors (Lipinski definition) is 1. The molecule has 1 amide bonds. The average Bonchev–Trinajstić information content (AvgIpc) is 3.20. The van der Waals surface area contributed by atoms with Gasteiger partial charge >= 0.3 is 12.1 Å². The third kappa shape index (κ3) is 5.40. The maximum atomic E-state index is 13.4. The van der Waals surface area contributed by atoms with E-state index in [1.165, 1.54) is 11.9 Å². The molecule has 3 aromatic carbocycles. The molecule has 38 heavy (non-hydrogen) atoms. The molecule has 0 heterocycles. The van der Waals surface area contributed by atoms with Gasteiger partial charge in [-0.05, 0) is 45.9 Å². The highest BCUT2D eigenvalue weighted by atomic mass is 28.4. The normalized spacial score (nSPS) is 14.8. The van der Waals surface area contributed by atoms with Crippen LogP contribution in [0.5, 0.6) is 0 Å². The first-order chi connectivity index (χ1) is 17.9. The molecule has 0 saturated carbocycles. The van der Waals surface area contributed by atoms with Gasteiger partial charge in [0.15, 0.2) is 14.4 Å². The Morgan fingerprint density at radius 1 is 0.895 bits per heavy atom.